The van der Waals surface area contributed by atoms with Gasteiger partial charge in [-0.2, -0.15) is 0 Å². The van der Waals surface area contributed by atoms with Gasteiger partial charge in [0.2, 0.25) is 0 Å². The van der Waals surface area contributed by atoms with Gasteiger partial charge in [-0.25, -0.2) is 4.98 Å². The summed E-state index contributed by atoms with van der Waals surface area (Å²) in [6.07, 6.45) is 0. The van der Waals surface area contributed by atoms with E-state index in [0.29, 0.717) is 13.2 Å². The summed E-state index contributed by atoms with van der Waals surface area (Å²) in [5.74, 6) is 0.894. The molecule has 0 aliphatic heterocycles. The van der Waals surface area contributed by atoms with Crippen LogP contribution in [0.2, 0.25) is 5.02 Å². The number of fused-ring (bicyclic) bond motifs is 1. The highest BCUT2D eigenvalue weighted by Gasteiger charge is 2.05. The predicted molar refractivity (Wildman–Crippen MR) is 89.6 cm³/mol. The molecule has 0 fully saturated rings. The van der Waals surface area contributed by atoms with Crippen molar-refractivity contribution >= 4 is 38.8 Å². The topological polar surface area (TPSA) is 34.1 Å². The summed E-state index contributed by atoms with van der Waals surface area (Å²) in [5.41, 5.74) is 2.05. The average Bonchev–Trinajstić information content (AvgIpc) is 2.89. The number of nitrogens with one attached hydrogen (secondary N) is 1. The van der Waals surface area contributed by atoms with Crippen LogP contribution in [0.1, 0.15) is 11.9 Å². The van der Waals surface area contributed by atoms with E-state index < -0.39 is 0 Å². The van der Waals surface area contributed by atoms with Gasteiger partial charge in [-0.3, -0.25) is 0 Å². The number of nitrogens with zero attached hydrogens (tertiary/aromatic N) is 1. The van der Waals surface area contributed by atoms with Crippen molar-refractivity contribution in [2.45, 2.75) is 13.5 Å². The number of aromatic nitrogens is 1. The lowest BCUT2D eigenvalue weighted by molar-refractivity contribution is 0.341. The third-order valence-corrected chi connectivity index (χ3v) is 4.27. The fourth-order valence-corrected chi connectivity index (χ4v) is 3.09. The third-order valence-electron chi connectivity index (χ3n) is 3.00. The summed E-state index contributed by atoms with van der Waals surface area (Å²) in [6.45, 7) is 3.36. The van der Waals surface area contributed by atoms with Gasteiger partial charge >= 0.3 is 0 Å². The number of hydrogen-bond acceptors (Lipinski definition) is 4. The second-order valence-electron chi connectivity index (χ2n) is 4.53. The molecule has 2 aromatic carbocycles. The molecule has 1 heterocycles. The first-order valence-electron chi connectivity index (χ1n) is 6.76. The maximum Gasteiger partial charge on any atom is 0.120 e. The summed E-state index contributed by atoms with van der Waals surface area (Å²) >= 11 is 7.55. The van der Waals surface area contributed by atoms with E-state index >= 15 is 0 Å². The second kappa shape index (κ2) is 6.33. The Morgan fingerprint density at radius 1 is 1.19 bits per heavy atom. The van der Waals surface area contributed by atoms with E-state index in [1.165, 1.54) is 0 Å². The fourth-order valence-electron chi connectivity index (χ4n) is 2.03. The van der Waals surface area contributed by atoms with E-state index in [1.807, 2.05) is 49.4 Å². The van der Waals surface area contributed by atoms with Crippen molar-refractivity contribution in [3.8, 4) is 5.75 Å². The summed E-state index contributed by atoms with van der Waals surface area (Å²) in [6, 6.07) is 13.7. The molecule has 0 saturated heterocycles. The zero-order valence-electron chi connectivity index (χ0n) is 11.6. The molecule has 3 nitrogen and oxygen atoms in total. The fraction of sp³-hybridized carbons (Fsp3) is 0.188. The average molecular weight is 319 g/mol. The molecule has 0 saturated carbocycles. The Hall–Kier alpha value is -1.78. The van der Waals surface area contributed by atoms with Gasteiger partial charge in [0.15, 0.2) is 0 Å². The Morgan fingerprint density at radius 2 is 2.00 bits per heavy atom. The molecule has 5 heteroatoms. The number of benzene rings is 2. The molecule has 3 aromatic rings. The molecule has 0 radical (unpaired) electrons. The van der Waals surface area contributed by atoms with Crippen LogP contribution in [0, 0.1) is 0 Å². The summed E-state index contributed by atoms with van der Waals surface area (Å²) in [5, 5.41) is 5.14. The van der Waals surface area contributed by atoms with Gasteiger partial charge in [-0.15, -0.1) is 11.3 Å². The van der Waals surface area contributed by atoms with Gasteiger partial charge in [0.1, 0.15) is 10.8 Å². The monoisotopic (exact) mass is 318 g/mol. The smallest absolute Gasteiger partial charge is 0.120 e. The number of hydrogen-bond donors (Lipinski definition) is 1. The van der Waals surface area contributed by atoms with Crippen molar-refractivity contribution in [3.63, 3.8) is 0 Å². The van der Waals surface area contributed by atoms with Gasteiger partial charge in [0.05, 0.1) is 23.4 Å². The van der Waals surface area contributed by atoms with E-state index in [0.717, 1.165) is 31.7 Å². The minimum atomic E-state index is 0.676. The van der Waals surface area contributed by atoms with Gasteiger partial charge in [0.25, 0.3) is 0 Å². The number of anilines is 1. The maximum atomic E-state index is 5.87. The SMILES string of the molecule is CCOc1ccc2nc(CNc3ccc(Cl)cc3)sc2c1. The molecule has 108 valence electrons. The summed E-state index contributed by atoms with van der Waals surface area (Å²) in [4.78, 5) is 4.62. The molecular weight excluding hydrogens is 304 g/mol. The molecule has 0 unspecified atom stereocenters. The highest BCUT2D eigenvalue weighted by molar-refractivity contribution is 7.18. The molecule has 0 bridgehead atoms. The Balaban J connectivity index is 1.73. The van der Waals surface area contributed by atoms with E-state index in [9.17, 15) is 0 Å². The van der Waals surface area contributed by atoms with Crippen LogP contribution in [0.15, 0.2) is 42.5 Å². The first-order chi connectivity index (χ1) is 10.2. The van der Waals surface area contributed by atoms with Crippen LogP contribution in [0.4, 0.5) is 5.69 Å². The van der Waals surface area contributed by atoms with Crippen molar-refractivity contribution in [2.75, 3.05) is 11.9 Å². The molecule has 0 aliphatic carbocycles. The predicted octanol–water partition coefficient (Wildman–Crippen LogP) is 4.96. The first kappa shape index (κ1) is 14.2. The molecule has 1 N–H and O–H groups in total. The molecule has 0 aliphatic rings. The Morgan fingerprint density at radius 3 is 2.76 bits per heavy atom. The minimum Gasteiger partial charge on any atom is -0.494 e. The van der Waals surface area contributed by atoms with Gasteiger partial charge < -0.3 is 10.1 Å². The number of halogens is 1. The Kier molecular flexibility index (Phi) is 4.27. The molecule has 3 rings (SSSR count). The van der Waals surface area contributed by atoms with Crippen molar-refractivity contribution in [2.24, 2.45) is 0 Å². The standard InChI is InChI=1S/C16H15ClN2OS/c1-2-20-13-7-8-14-15(9-13)21-16(19-14)10-18-12-5-3-11(17)4-6-12/h3-9,18H,2,10H2,1H3. The normalized spacial score (nSPS) is 10.8. The highest BCUT2D eigenvalue weighted by Crippen LogP contribution is 2.27. The van der Waals surface area contributed by atoms with Gasteiger partial charge in [-0.05, 0) is 49.4 Å². The molecular formula is C16H15ClN2OS. The van der Waals surface area contributed by atoms with Crippen LogP contribution in [0.3, 0.4) is 0 Å². The molecule has 1 aromatic heterocycles. The van der Waals surface area contributed by atoms with Gasteiger partial charge in [0, 0.05) is 10.7 Å². The quantitative estimate of drug-likeness (QED) is 0.722. The Labute approximate surface area is 132 Å². The Bertz CT molecular complexity index is 740. The van der Waals surface area contributed by atoms with Gasteiger partial charge in [-0.1, -0.05) is 11.6 Å². The van der Waals surface area contributed by atoms with Crippen LogP contribution in [-0.4, -0.2) is 11.6 Å². The van der Waals surface area contributed by atoms with Crippen LogP contribution >= 0.6 is 22.9 Å². The molecule has 0 atom stereocenters. The lowest BCUT2D eigenvalue weighted by atomic mass is 10.3. The van der Waals surface area contributed by atoms with E-state index in [2.05, 4.69) is 10.3 Å². The highest BCUT2D eigenvalue weighted by atomic mass is 35.5. The van der Waals surface area contributed by atoms with Crippen LogP contribution < -0.4 is 10.1 Å². The zero-order chi connectivity index (χ0) is 14.7. The number of ether oxygens (including phenoxy) is 1. The number of rotatable bonds is 5. The molecule has 0 spiro atoms. The second-order valence-corrected chi connectivity index (χ2v) is 6.08. The lowest BCUT2D eigenvalue weighted by Gasteiger charge is -2.03. The van der Waals surface area contributed by atoms with Crippen molar-refractivity contribution in [3.05, 3.63) is 52.5 Å². The minimum absolute atomic E-state index is 0.676. The van der Waals surface area contributed by atoms with Crippen LogP contribution in [0.5, 0.6) is 5.75 Å². The lowest BCUT2D eigenvalue weighted by Crippen LogP contribution is -1.98. The van der Waals surface area contributed by atoms with Crippen molar-refractivity contribution in [1.82, 2.24) is 4.98 Å². The van der Waals surface area contributed by atoms with Crippen LogP contribution in [-0.2, 0) is 6.54 Å². The van der Waals surface area contributed by atoms with Crippen LogP contribution in [0.25, 0.3) is 10.2 Å². The molecule has 21 heavy (non-hydrogen) atoms. The molecule has 0 amide bonds. The van der Waals surface area contributed by atoms with E-state index in [1.54, 1.807) is 11.3 Å². The third kappa shape index (κ3) is 3.46. The zero-order valence-corrected chi connectivity index (χ0v) is 13.2. The largest absolute Gasteiger partial charge is 0.494 e. The van der Waals surface area contributed by atoms with Crippen molar-refractivity contribution in [1.29, 1.82) is 0 Å². The summed E-state index contributed by atoms with van der Waals surface area (Å²) < 4.78 is 6.66. The van der Waals surface area contributed by atoms with Crippen molar-refractivity contribution < 1.29 is 4.74 Å². The first-order valence-corrected chi connectivity index (χ1v) is 7.96. The van der Waals surface area contributed by atoms with E-state index in [-0.39, 0.29) is 0 Å². The maximum absolute atomic E-state index is 5.87. The summed E-state index contributed by atoms with van der Waals surface area (Å²) in [7, 11) is 0. The number of thiazole rings is 1. The van der Waals surface area contributed by atoms with E-state index in [4.69, 9.17) is 16.3 Å².